The summed E-state index contributed by atoms with van der Waals surface area (Å²) in [6, 6.07) is 1.23. The zero-order valence-electron chi connectivity index (χ0n) is 8.04. The van der Waals surface area contributed by atoms with Crippen molar-refractivity contribution in [3.63, 3.8) is 0 Å². The molecule has 3 nitrogen and oxygen atoms in total. The van der Waals surface area contributed by atoms with Gasteiger partial charge in [0.1, 0.15) is 0 Å². The van der Waals surface area contributed by atoms with E-state index in [2.05, 4.69) is 11.5 Å². The third-order valence-corrected chi connectivity index (χ3v) is 2.98. The Morgan fingerprint density at radius 1 is 1.23 bits per heavy atom. The van der Waals surface area contributed by atoms with E-state index in [0.29, 0.717) is 18.0 Å². The molecule has 4 N–H and O–H groups in total. The topological polar surface area (TPSA) is 55.0 Å². The van der Waals surface area contributed by atoms with E-state index in [-0.39, 0.29) is 24.0 Å². The lowest BCUT2D eigenvalue weighted by atomic mass is 10.2. The molecule has 1 unspecified atom stereocenters. The number of rotatable bonds is 3. The maximum absolute atomic E-state index is 5.66. The average Bonchev–Trinajstić information content (AvgIpc) is 2.84. The number of hydrogen-bond donors (Lipinski definition) is 2. The molecule has 2 aliphatic carbocycles. The maximum atomic E-state index is 5.66. The summed E-state index contributed by atoms with van der Waals surface area (Å²) in [7, 11) is 0. The van der Waals surface area contributed by atoms with Crippen molar-refractivity contribution in [2.24, 2.45) is 17.4 Å². The van der Waals surface area contributed by atoms with Crippen LogP contribution < -0.4 is 35.4 Å². The van der Waals surface area contributed by atoms with Crippen LogP contribution in [-0.2, 0) is 0 Å². The molecule has 4 heteroatoms. The van der Waals surface area contributed by atoms with Gasteiger partial charge in [0.25, 0.3) is 0 Å². The number of guanidine groups is 1. The van der Waals surface area contributed by atoms with Crippen molar-refractivity contribution < 1.29 is 28.6 Å². The lowest BCUT2D eigenvalue weighted by Crippen LogP contribution is -3.00. The highest BCUT2D eigenvalue weighted by Crippen LogP contribution is 2.37. The SMILES string of the molecule is CC(C1CC1)[N+](=C(N)N)C1CC1.[I-]. The van der Waals surface area contributed by atoms with Gasteiger partial charge in [-0.2, -0.15) is 0 Å². The van der Waals surface area contributed by atoms with Gasteiger partial charge in [0.2, 0.25) is 0 Å². The summed E-state index contributed by atoms with van der Waals surface area (Å²) < 4.78 is 2.22. The molecule has 0 radical (unpaired) electrons. The molecule has 0 aromatic rings. The molecule has 0 aromatic heterocycles. The Labute approximate surface area is 96.6 Å². The number of halogens is 1. The Kier molecular flexibility index (Phi) is 3.43. The summed E-state index contributed by atoms with van der Waals surface area (Å²) in [6.45, 7) is 2.25. The van der Waals surface area contributed by atoms with E-state index in [1.54, 1.807) is 0 Å². The fourth-order valence-corrected chi connectivity index (χ4v) is 1.94. The highest BCUT2D eigenvalue weighted by molar-refractivity contribution is 5.70. The molecule has 2 rings (SSSR count). The minimum atomic E-state index is 0. The van der Waals surface area contributed by atoms with Crippen LogP contribution in [0.2, 0.25) is 0 Å². The van der Waals surface area contributed by atoms with Crippen LogP contribution in [0, 0.1) is 5.92 Å². The highest BCUT2D eigenvalue weighted by Gasteiger charge is 2.39. The van der Waals surface area contributed by atoms with Gasteiger partial charge in [0.15, 0.2) is 0 Å². The zero-order valence-corrected chi connectivity index (χ0v) is 10.2. The van der Waals surface area contributed by atoms with E-state index >= 15 is 0 Å². The van der Waals surface area contributed by atoms with Crippen LogP contribution in [0.5, 0.6) is 0 Å². The molecule has 0 amide bonds. The maximum Gasteiger partial charge on any atom is 0.341 e. The molecule has 0 aromatic carbocycles. The van der Waals surface area contributed by atoms with Crippen molar-refractivity contribution >= 4 is 5.96 Å². The lowest BCUT2D eigenvalue weighted by Gasteiger charge is -2.15. The van der Waals surface area contributed by atoms with Gasteiger partial charge in [-0.3, -0.25) is 16.0 Å². The van der Waals surface area contributed by atoms with Gasteiger partial charge < -0.3 is 24.0 Å². The Morgan fingerprint density at radius 3 is 2.08 bits per heavy atom. The summed E-state index contributed by atoms with van der Waals surface area (Å²) >= 11 is 0. The highest BCUT2D eigenvalue weighted by atomic mass is 127. The summed E-state index contributed by atoms with van der Waals surface area (Å²) in [6.07, 6.45) is 5.26. The predicted octanol–water partition coefficient (Wildman–Crippen LogP) is -2.76. The molecule has 0 aliphatic heterocycles. The standard InChI is InChI=1S/C9H17N3.HI/c1-6(7-2-3-7)12(9(10)11)8-4-5-8;/h6-8H,2-5H2,1H3,(H3,10,11);1H. The van der Waals surface area contributed by atoms with Gasteiger partial charge >= 0.3 is 5.96 Å². The molecule has 13 heavy (non-hydrogen) atoms. The average molecular weight is 295 g/mol. The largest absolute Gasteiger partial charge is 1.00 e. The zero-order chi connectivity index (χ0) is 8.72. The van der Waals surface area contributed by atoms with E-state index in [1.165, 1.54) is 25.7 Å². The first-order valence-electron chi connectivity index (χ1n) is 4.86. The van der Waals surface area contributed by atoms with Gasteiger partial charge in [0.05, 0.1) is 12.1 Å². The Balaban J connectivity index is 0.000000845. The van der Waals surface area contributed by atoms with Crippen molar-refractivity contribution in [1.82, 2.24) is 0 Å². The van der Waals surface area contributed by atoms with Gasteiger partial charge in [-0.1, -0.05) is 0 Å². The minimum Gasteiger partial charge on any atom is -1.00 e. The van der Waals surface area contributed by atoms with E-state index in [9.17, 15) is 0 Å². The lowest BCUT2D eigenvalue weighted by molar-refractivity contribution is -0.581. The van der Waals surface area contributed by atoms with Crippen LogP contribution in [0.15, 0.2) is 0 Å². The normalized spacial score (nSPS) is 23.2. The molecule has 1 atom stereocenters. The van der Waals surface area contributed by atoms with Crippen molar-refractivity contribution in [2.75, 3.05) is 0 Å². The number of hydrogen-bond acceptors (Lipinski definition) is 0. The molecular formula is C9H18IN3. The summed E-state index contributed by atoms with van der Waals surface area (Å²) in [4.78, 5) is 0. The van der Waals surface area contributed by atoms with Gasteiger partial charge in [-0.25, -0.2) is 0 Å². The van der Waals surface area contributed by atoms with Gasteiger partial charge in [-0.15, -0.1) is 0 Å². The van der Waals surface area contributed by atoms with Crippen LogP contribution in [0.1, 0.15) is 32.6 Å². The van der Waals surface area contributed by atoms with Crippen LogP contribution in [0.25, 0.3) is 0 Å². The first kappa shape index (κ1) is 11.1. The van der Waals surface area contributed by atoms with E-state index in [1.807, 2.05) is 0 Å². The van der Waals surface area contributed by atoms with Crippen molar-refractivity contribution in [1.29, 1.82) is 0 Å². The van der Waals surface area contributed by atoms with Crippen molar-refractivity contribution in [3.05, 3.63) is 0 Å². The molecule has 0 saturated heterocycles. The number of nitrogens with zero attached hydrogens (tertiary/aromatic N) is 1. The Morgan fingerprint density at radius 2 is 1.77 bits per heavy atom. The fraction of sp³-hybridized carbons (Fsp3) is 0.889. The predicted molar refractivity (Wildman–Crippen MR) is 48.9 cm³/mol. The molecule has 2 saturated carbocycles. The van der Waals surface area contributed by atoms with Crippen LogP contribution in [-0.4, -0.2) is 22.6 Å². The monoisotopic (exact) mass is 295 g/mol. The van der Waals surface area contributed by atoms with Crippen LogP contribution >= 0.6 is 0 Å². The first-order valence-corrected chi connectivity index (χ1v) is 4.86. The molecule has 2 fully saturated rings. The van der Waals surface area contributed by atoms with Crippen LogP contribution in [0.4, 0.5) is 0 Å². The molecule has 0 heterocycles. The third kappa shape index (κ3) is 2.48. The summed E-state index contributed by atoms with van der Waals surface area (Å²) in [5, 5.41) is 0. The smallest absolute Gasteiger partial charge is 0.341 e. The molecule has 76 valence electrons. The number of nitrogens with two attached hydrogens (primary N) is 2. The second-order valence-electron chi connectivity index (χ2n) is 4.14. The van der Waals surface area contributed by atoms with E-state index in [4.69, 9.17) is 11.5 Å². The molecular weight excluding hydrogens is 277 g/mol. The van der Waals surface area contributed by atoms with Crippen LogP contribution in [0.3, 0.4) is 0 Å². The van der Waals surface area contributed by atoms with Gasteiger partial charge in [0, 0.05) is 0 Å². The minimum absolute atomic E-state index is 0. The summed E-state index contributed by atoms with van der Waals surface area (Å²) in [5.41, 5.74) is 11.3. The molecule has 2 aliphatic rings. The quantitative estimate of drug-likeness (QED) is 0.256. The fourth-order valence-electron chi connectivity index (χ4n) is 1.94. The first-order chi connectivity index (χ1) is 5.70. The van der Waals surface area contributed by atoms with E-state index in [0.717, 1.165) is 5.92 Å². The Hall–Kier alpha value is 0. The third-order valence-electron chi connectivity index (χ3n) is 2.98. The van der Waals surface area contributed by atoms with Crippen molar-refractivity contribution in [3.8, 4) is 0 Å². The Bertz CT molecular complexity index is 215. The van der Waals surface area contributed by atoms with Crippen molar-refractivity contribution in [2.45, 2.75) is 44.7 Å². The van der Waals surface area contributed by atoms with E-state index < -0.39 is 0 Å². The molecule has 0 bridgehead atoms. The summed E-state index contributed by atoms with van der Waals surface area (Å²) in [5.74, 6) is 1.38. The second-order valence-corrected chi connectivity index (χ2v) is 4.14. The molecule has 0 spiro atoms. The van der Waals surface area contributed by atoms with Gasteiger partial charge in [-0.05, 0) is 38.5 Å². The second kappa shape index (κ2) is 4.02.